The fourth-order valence-electron chi connectivity index (χ4n) is 0.902. The molecule has 0 spiro atoms. The zero-order chi connectivity index (χ0) is 10.7. The summed E-state index contributed by atoms with van der Waals surface area (Å²) in [5.41, 5.74) is 5.25. The van der Waals surface area contributed by atoms with Crippen molar-refractivity contribution in [3.05, 3.63) is 33.6 Å². The van der Waals surface area contributed by atoms with Crippen LogP contribution in [-0.4, -0.2) is 15.8 Å². The van der Waals surface area contributed by atoms with Crippen molar-refractivity contribution in [3.8, 4) is 0 Å². The average Bonchev–Trinajstić information content (AvgIpc) is 2.16. The topological polar surface area (TPSA) is 99.1 Å². The molecule has 0 saturated heterocycles. The zero-order valence-electron chi connectivity index (χ0n) is 6.94. The first kappa shape index (κ1) is 10.6. The van der Waals surface area contributed by atoms with Crippen molar-refractivity contribution in [2.75, 3.05) is 0 Å². The van der Waals surface area contributed by atoms with Crippen LogP contribution in [-0.2, 0) is 5.33 Å². The number of aromatic nitrogens is 1. The molecule has 0 radical (unpaired) electrons. The van der Waals surface area contributed by atoms with E-state index in [1.165, 1.54) is 0 Å². The molecule has 6 nitrogen and oxygen atoms in total. The van der Waals surface area contributed by atoms with E-state index in [4.69, 9.17) is 5.73 Å². The van der Waals surface area contributed by atoms with E-state index < -0.39 is 10.8 Å². The van der Waals surface area contributed by atoms with Gasteiger partial charge in [-0.1, -0.05) is 15.9 Å². The number of rotatable bonds is 3. The Hall–Kier alpha value is -1.50. The van der Waals surface area contributed by atoms with Gasteiger partial charge in [0.2, 0.25) is 0 Å². The number of primary amides is 1. The fraction of sp³-hybridized carbons (Fsp3) is 0.143. The second kappa shape index (κ2) is 4.14. The van der Waals surface area contributed by atoms with Crippen molar-refractivity contribution in [1.82, 2.24) is 4.98 Å². The van der Waals surface area contributed by atoms with Gasteiger partial charge in [0.25, 0.3) is 11.6 Å². The second-order valence-corrected chi connectivity index (χ2v) is 3.00. The number of nitrogens with zero attached hydrogens (tertiary/aromatic N) is 2. The van der Waals surface area contributed by atoms with Crippen molar-refractivity contribution >= 4 is 27.5 Å². The van der Waals surface area contributed by atoms with Gasteiger partial charge in [-0.05, 0) is 0 Å². The number of nitrogens with two attached hydrogens (primary N) is 1. The highest BCUT2D eigenvalue weighted by atomic mass is 79.9. The third-order valence-corrected chi connectivity index (χ3v) is 2.09. The van der Waals surface area contributed by atoms with Crippen molar-refractivity contribution in [2.45, 2.75) is 5.33 Å². The van der Waals surface area contributed by atoms with Crippen LogP contribution in [0.1, 0.15) is 16.1 Å². The number of halogens is 1. The van der Waals surface area contributed by atoms with Gasteiger partial charge in [0.05, 0.1) is 16.2 Å². The molecule has 0 atom stereocenters. The predicted molar refractivity (Wildman–Crippen MR) is 52.0 cm³/mol. The van der Waals surface area contributed by atoms with Crippen molar-refractivity contribution in [1.29, 1.82) is 0 Å². The zero-order valence-corrected chi connectivity index (χ0v) is 8.52. The van der Waals surface area contributed by atoms with Crippen LogP contribution in [0.2, 0.25) is 0 Å². The van der Waals surface area contributed by atoms with Crippen LogP contribution < -0.4 is 5.73 Å². The minimum absolute atomic E-state index is 0.0658. The number of alkyl halides is 1. The molecule has 1 heterocycles. The Morgan fingerprint density at radius 1 is 1.71 bits per heavy atom. The van der Waals surface area contributed by atoms with Crippen LogP contribution in [0.25, 0.3) is 0 Å². The summed E-state index contributed by atoms with van der Waals surface area (Å²) < 4.78 is 0. The Morgan fingerprint density at radius 3 is 2.79 bits per heavy atom. The van der Waals surface area contributed by atoms with Gasteiger partial charge in [0, 0.05) is 11.4 Å². The van der Waals surface area contributed by atoms with Gasteiger partial charge >= 0.3 is 0 Å². The number of amides is 1. The molecule has 0 aromatic carbocycles. The Kier molecular flexibility index (Phi) is 3.13. The van der Waals surface area contributed by atoms with Crippen LogP contribution in [0.5, 0.6) is 0 Å². The highest BCUT2D eigenvalue weighted by Crippen LogP contribution is 2.16. The Balaban J connectivity index is 3.27. The summed E-state index contributed by atoms with van der Waals surface area (Å²) >= 11 is 3.10. The SMILES string of the molecule is NC(=O)c1cc([N+](=O)[O-])cnc1CBr. The summed E-state index contributed by atoms with van der Waals surface area (Å²) in [4.78, 5) is 24.4. The fourth-order valence-corrected chi connectivity index (χ4v) is 1.35. The lowest BCUT2D eigenvalue weighted by atomic mass is 10.2. The standard InChI is InChI=1S/C7H6BrN3O3/c8-2-6-5(7(9)12)1-4(3-10-6)11(13)14/h1,3H,2H2,(H2,9,12). The molecule has 0 aliphatic carbocycles. The van der Waals surface area contributed by atoms with Gasteiger partial charge in [-0.25, -0.2) is 0 Å². The lowest BCUT2D eigenvalue weighted by Crippen LogP contribution is -2.14. The monoisotopic (exact) mass is 259 g/mol. The molecule has 1 aromatic heterocycles. The quantitative estimate of drug-likeness (QED) is 0.497. The van der Waals surface area contributed by atoms with E-state index in [0.717, 1.165) is 12.3 Å². The van der Waals surface area contributed by atoms with Gasteiger partial charge in [0.15, 0.2) is 0 Å². The maximum Gasteiger partial charge on any atom is 0.288 e. The Labute approximate surface area is 87.4 Å². The molecule has 0 saturated carbocycles. The maximum absolute atomic E-state index is 10.9. The molecular weight excluding hydrogens is 254 g/mol. The van der Waals surface area contributed by atoms with Gasteiger partial charge in [-0.2, -0.15) is 0 Å². The largest absolute Gasteiger partial charge is 0.366 e. The molecule has 1 amide bonds. The highest BCUT2D eigenvalue weighted by molar-refractivity contribution is 9.08. The van der Waals surface area contributed by atoms with Crippen LogP contribution in [0.3, 0.4) is 0 Å². The van der Waals surface area contributed by atoms with E-state index >= 15 is 0 Å². The molecule has 0 bridgehead atoms. The molecule has 1 aromatic rings. The van der Waals surface area contributed by atoms with E-state index in [1.54, 1.807) is 0 Å². The van der Waals surface area contributed by atoms with E-state index in [2.05, 4.69) is 20.9 Å². The first-order valence-electron chi connectivity index (χ1n) is 3.55. The van der Waals surface area contributed by atoms with Crippen molar-refractivity contribution < 1.29 is 9.72 Å². The Morgan fingerprint density at radius 2 is 2.36 bits per heavy atom. The molecule has 0 aliphatic heterocycles. The van der Waals surface area contributed by atoms with E-state index in [1.807, 2.05) is 0 Å². The average molecular weight is 260 g/mol. The molecule has 0 unspecified atom stereocenters. The number of hydrogen-bond acceptors (Lipinski definition) is 4. The van der Waals surface area contributed by atoms with E-state index in [0.29, 0.717) is 11.0 Å². The van der Waals surface area contributed by atoms with Crippen molar-refractivity contribution in [3.63, 3.8) is 0 Å². The number of carbonyl (C=O) groups excluding carboxylic acids is 1. The first-order chi connectivity index (χ1) is 6.56. The van der Waals surface area contributed by atoms with Gasteiger partial charge in [0.1, 0.15) is 6.20 Å². The van der Waals surface area contributed by atoms with E-state index in [-0.39, 0.29) is 11.3 Å². The summed E-state index contributed by atoms with van der Waals surface area (Å²) in [6.45, 7) is 0. The molecule has 1 rings (SSSR count). The van der Waals surface area contributed by atoms with E-state index in [9.17, 15) is 14.9 Å². The molecule has 14 heavy (non-hydrogen) atoms. The second-order valence-electron chi connectivity index (χ2n) is 2.44. The van der Waals surface area contributed by atoms with Crippen LogP contribution >= 0.6 is 15.9 Å². The molecule has 0 fully saturated rings. The summed E-state index contributed by atoms with van der Waals surface area (Å²) in [6.07, 6.45) is 1.09. The molecular formula is C7H6BrN3O3. The minimum atomic E-state index is -0.726. The van der Waals surface area contributed by atoms with Gasteiger partial charge in [-0.3, -0.25) is 19.9 Å². The summed E-state index contributed by atoms with van der Waals surface area (Å²) in [6, 6.07) is 1.12. The molecule has 74 valence electrons. The normalized spacial score (nSPS) is 9.79. The highest BCUT2D eigenvalue weighted by Gasteiger charge is 2.14. The third-order valence-electron chi connectivity index (χ3n) is 1.56. The molecule has 2 N–H and O–H groups in total. The first-order valence-corrected chi connectivity index (χ1v) is 4.67. The predicted octanol–water partition coefficient (Wildman–Crippen LogP) is 0.984. The number of nitro groups is 1. The van der Waals surface area contributed by atoms with Crippen LogP contribution in [0.15, 0.2) is 12.3 Å². The lowest BCUT2D eigenvalue weighted by molar-refractivity contribution is -0.385. The smallest absolute Gasteiger partial charge is 0.288 e. The van der Waals surface area contributed by atoms with Crippen LogP contribution in [0, 0.1) is 10.1 Å². The van der Waals surface area contributed by atoms with Gasteiger partial charge in [-0.15, -0.1) is 0 Å². The summed E-state index contributed by atoms with van der Waals surface area (Å²) in [7, 11) is 0. The summed E-state index contributed by atoms with van der Waals surface area (Å²) in [5.74, 6) is -0.726. The van der Waals surface area contributed by atoms with Gasteiger partial charge < -0.3 is 5.73 Å². The number of pyridine rings is 1. The molecule has 0 aliphatic rings. The Bertz CT molecular complexity index is 394. The van der Waals surface area contributed by atoms with Crippen molar-refractivity contribution in [2.24, 2.45) is 5.73 Å². The number of hydrogen-bond donors (Lipinski definition) is 1. The van der Waals surface area contributed by atoms with Crippen LogP contribution in [0.4, 0.5) is 5.69 Å². The number of carbonyl (C=O) groups is 1. The lowest BCUT2D eigenvalue weighted by Gasteiger charge is -2.01. The maximum atomic E-state index is 10.9. The third kappa shape index (κ3) is 2.05. The summed E-state index contributed by atoms with van der Waals surface area (Å²) in [5, 5.41) is 10.7. The minimum Gasteiger partial charge on any atom is -0.366 e. The molecule has 7 heteroatoms.